The quantitative estimate of drug-likeness (QED) is 0.827. The Labute approximate surface area is 142 Å². The molecule has 0 spiro atoms. The fourth-order valence-corrected chi connectivity index (χ4v) is 2.77. The van der Waals surface area contributed by atoms with Crippen LogP contribution < -0.4 is 10.1 Å². The van der Waals surface area contributed by atoms with Gasteiger partial charge in [0.1, 0.15) is 12.4 Å². The number of carbonyl (C=O) groups is 1. The Morgan fingerprint density at radius 1 is 1.08 bits per heavy atom. The molecule has 126 valence electrons. The summed E-state index contributed by atoms with van der Waals surface area (Å²) in [4.78, 5) is 12.1. The average molecular weight is 325 g/mol. The van der Waals surface area contributed by atoms with Crippen LogP contribution in [0.25, 0.3) is 0 Å². The minimum atomic E-state index is -0.318. The van der Waals surface area contributed by atoms with Gasteiger partial charge in [0.15, 0.2) is 0 Å². The van der Waals surface area contributed by atoms with Crippen LogP contribution in [0.5, 0.6) is 5.75 Å². The second-order valence-corrected chi connectivity index (χ2v) is 6.11. The van der Waals surface area contributed by atoms with Crippen LogP contribution in [0.15, 0.2) is 54.6 Å². The van der Waals surface area contributed by atoms with Crippen LogP contribution >= 0.6 is 0 Å². The zero-order chi connectivity index (χ0) is 16.6. The Hall–Kier alpha value is -2.33. The molecule has 1 fully saturated rings. The van der Waals surface area contributed by atoms with Crippen molar-refractivity contribution in [1.29, 1.82) is 0 Å². The third kappa shape index (κ3) is 4.83. The van der Waals surface area contributed by atoms with E-state index in [4.69, 9.17) is 9.47 Å². The monoisotopic (exact) mass is 325 g/mol. The van der Waals surface area contributed by atoms with Crippen molar-refractivity contribution in [3.05, 3.63) is 65.7 Å². The second-order valence-electron chi connectivity index (χ2n) is 6.11. The van der Waals surface area contributed by atoms with Crippen LogP contribution in [0.3, 0.4) is 0 Å². The highest BCUT2D eigenvalue weighted by Gasteiger charge is 2.14. The van der Waals surface area contributed by atoms with Gasteiger partial charge in [-0.1, -0.05) is 30.3 Å². The summed E-state index contributed by atoms with van der Waals surface area (Å²) < 4.78 is 11.1. The summed E-state index contributed by atoms with van der Waals surface area (Å²) in [5.74, 6) is 1.04. The molecule has 0 amide bonds. The summed E-state index contributed by atoms with van der Waals surface area (Å²) in [6.45, 7) is 3.12. The molecule has 0 unspecified atom stereocenters. The lowest BCUT2D eigenvalue weighted by Gasteiger charge is -2.22. The Morgan fingerprint density at radius 3 is 2.58 bits per heavy atom. The third-order valence-electron chi connectivity index (χ3n) is 4.19. The molecular formula is C20H23NO3. The fraction of sp³-hybridized carbons (Fsp3) is 0.350. The molecule has 4 heteroatoms. The largest absolute Gasteiger partial charge is 0.493 e. The molecule has 0 aliphatic carbocycles. The zero-order valence-corrected chi connectivity index (χ0v) is 13.7. The number of carbonyl (C=O) groups excluding carboxylic acids is 1. The zero-order valence-electron chi connectivity index (χ0n) is 13.7. The van der Waals surface area contributed by atoms with Crippen molar-refractivity contribution in [2.24, 2.45) is 5.92 Å². The van der Waals surface area contributed by atoms with Crippen molar-refractivity contribution < 1.29 is 14.3 Å². The summed E-state index contributed by atoms with van der Waals surface area (Å²) in [6, 6.07) is 16.8. The number of hydrogen-bond acceptors (Lipinski definition) is 4. The van der Waals surface area contributed by atoms with Crippen molar-refractivity contribution in [2.75, 3.05) is 19.7 Å². The average Bonchev–Trinajstić information content (AvgIpc) is 2.66. The fourth-order valence-electron chi connectivity index (χ4n) is 2.77. The van der Waals surface area contributed by atoms with Crippen LogP contribution in [0.2, 0.25) is 0 Å². The molecule has 0 saturated carbocycles. The molecule has 24 heavy (non-hydrogen) atoms. The molecule has 1 N–H and O–H groups in total. The molecule has 1 atom stereocenters. The number of rotatable bonds is 6. The normalized spacial score (nSPS) is 17.2. The molecule has 1 heterocycles. The first-order chi connectivity index (χ1) is 11.8. The van der Waals surface area contributed by atoms with Crippen molar-refractivity contribution in [3.63, 3.8) is 0 Å². The maximum absolute atomic E-state index is 12.1. The Morgan fingerprint density at radius 2 is 1.88 bits per heavy atom. The first kappa shape index (κ1) is 16.5. The predicted molar refractivity (Wildman–Crippen MR) is 93.1 cm³/mol. The van der Waals surface area contributed by atoms with E-state index in [0.717, 1.165) is 24.4 Å². The second kappa shape index (κ2) is 8.50. The highest BCUT2D eigenvalue weighted by Crippen LogP contribution is 2.17. The highest BCUT2D eigenvalue weighted by atomic mass is 16.5. The van der Waals surface area contributed by atoms with Gasteiger partial charge in [0.25, 0.3) is 0 Å². The first-order valence-electron chi connectivity index (χ1n) is 8.46. The van der Waals surface area contributed by atoms with Crippen LogP contribution in [-0.2, 0) is 11.3 Å². The molecule has 2 aromatic carbocycles. The van der Waals surface area contributed by atoms with Gasteiger partial charge >= 0.3 is 5.97 Å². The van der Waals surface area contributed by atoms with Gasteiger partial charge in [0.2, 0.25) is 0 Å². The van der Waals surface area contributed by atoms with E-state index in [-0.39, 0.29) is 12.6 Å². The Balaban J connectivity index is 1.47. The number of piperidine rings is 1. The van der Waals surface area contributed by atoms with Crippen molar-refractivity contribution in [1.82, 2.24) is 5.32 Å². The van der Waals surface area contributed by atoms with Gasteiger partial charge < -0.3 is 14.8 Å². The summed E-state index contributed by atoms with van der Waals surface area (Å²) in [5, 5.41) is 3.38. The highest BCUT2D eigenvalue weighted by molar-refractivity contribution is 5.89. The van der Waals surface area contributed by atoms with Gasteiger partial charge in [-0.3, -0.25) is 0 Å². The molecule has 1 saturated heterocycles. The van der Waals surface area contributed by atoms with E-state index >= 15 is 0 Å². The van der Waals surface area contributed by atoms with Gasteiger partial charge in [-0.25, -0.2) is 4.79 Å². The molecule has 3 rings (SSSR count). The van der Waals surface area contributed by atoms with Gasteiger partial charge in [-0.05, 0) is 49.2 Å². The smallest absolute Gasteiger partial charge is 0.338 e. The van der Waals surface area contributed by atoms with E-state index in [9.17, 15) is 4.79 Å². The topological polar surface area (TPSA) is 47.6 Å². The minimum absolute atomic E-state index is 0.284. The molecule has 0 aromatic heterocycles. The van der Waals surface area contributed by atoms with Crippen molar-refractivity contribution >= 4 is 5.97 Å². The number of ether oxygens (including phenoxy) is 2. The van der Waals surface area contributed by atoms with E-state index in [1.807, 2.05) is 42.5 Å². The lowest BCUT2D eigenvalue weighted by atomic mass is 10.0. The van der Waals surface area contributed by atoms with Crippen LogP contribution in [0.1, 0.15) is 28.8 Å². The maximum Gasteiger partial charge on any atom is 0.338 e. The van der Waals surface area contributed by atoms with Gasteiger partial charge in [-0.2, -0.15) is 0 Å². The third-order valence-corrected chi connectivity index (χ3v) is 4.19. The maximum atomic E-state index is 12.1. The summed E-state index contributed by atoms with van der Waals surface area (Å²) in [5.41, 5.74) is 1.52. The van der Waals surface area contributed by atoms with Crippen molar-refractivity contribution in [2.45, 2.75) is 19.4 Å². The standard InChI is InChI=1S/C20H23NO3/c22-20(24-14-16-5-2-1-3-6-16)18-8-10-19(11-9-18)23-15-17-7-4-12-21-13-17/h1-3,5-6,8-11,17,21H,4,7,12-15H2/t17-/m0/s1. The number of benzene rings is 2. The summed E-state index contributed by atoms with van der Waals surface area (Å²) >= 11 is 0. The van der Waals surface area contributed by atoms with Gasteiger partial charge in [0.05, 0.1) is 12.2 Å². The van der Waals surface area contributed by atoms with Crippen LogP contribution in [-0.4, -0.2) is 25.7 Å². The number of esters is 1. The van der Waals surface area contributed by atoms with Gasteiger partial charge in [0, 0.05) is 12.5 Å². The van der Waals surface area contributed by atoms with E-state index in [1.165, 1.54) is 12.8 Å². The molecule has 1 aliphatic rings. The number of hydrogen-bond donors (Lipinski definition) is 1. The van der Waals surface area contributed by atoms with E-state index < -0.39 is 0 Å². The Kier molecular flexibility index (Phi) is 5.85. The van der Waals surface area contributed by atoms with Crippen molar-refractivity contribution in [3.8, 4) is 5.75 Å². The van der Waals surface area contributed by atoms with E-state index in [1.54, 1.807) is 12.1 Å². The summed E-state index contributed by atoms with van der Waals surface area (Å²) in [7, 11) is 0. The van der Waals surface area contributed by atoms with Crippen LogP contribution in [0, 0.1) is 5.92 Å². The first-order valence-corrected chi connectivity index (χ1v) is 8.46. The SMILES string of the molecule is O=C(OCc1ccccc1)c1ccc(OC[C@H]2CCCNC2)cc1. The molecule has 4 nitrogen and oxygen atoms in total. The predicted octanol–water partition coefficient (Wildman–Crippen LogP) is 3.42. The molecule has 1 aliphatic heterocycles. The van der Waals surface area contributed by atoms with Gasteiger partial charge in [-0.15, -0.1) is 0 Å². The van der Waals surface area contributed by atoms with E-state index in [0.29, 0.717) is 18.1 Å². The lowest BCUT2D eigenvalue weighted by molar-refractivity contribution is 0.0472. The molecule has 0 radical (unpaired) electrons. The van der Waals surface area contributed by atoms with Crippen LogP contribution in [0.4, 0.5) is 0 Å². The summed E-state index contributed by atoms with van der Waals surface area (Å²) in [6.07, 6.45) is 2.41. The Bertz CT molecular complexity index is 634. The number of nitrogens with one attached hydrogen (secondary N) is 1. The minimum Gasteiger partial charge on any atom is -0.493 e. The lowest BCUT2D eigenvalue weighted by Crippen LogP contribution is -2.33. The molecule has 2 aromatic rings. The van der Waals surface area contributed by atoms with E-state index in [2.05, 4.69) is 5.32 Å². The molecular weight excluding hydrogens is 302 g/mol. The molecule has 0 bridgehead atoms.